The molecule has 0 spiro atoms. The van der Waals surface area contributed by atoms with Crippen molar-refractivity contribution in [1.82, 2.24) is 4.98 Å². The summed E-state index contributed by atoms with van der Waals surface area (Å²) in [6, 6.07) is 0.777. The normalized spacial score (nSPS) is 10.8. The maximum absolute atomic E-state index is 12.6. The number of hydrogen-bond acceptors (Lipinski definition) is 2. The van der Waals surface area contributed by atoms with Gasteiger partial charge < -0.3 is 5.73 Å². The molecule has 0 aliphatic heterocycles. The predicted molar refractivity (Wildman–Crippen MR) is 39.9 cm³/mol. The Morgan fingerprint density at radius 3 is 2.62 bits per heavy atom. The van der Waals surface area contributed by atoms with Gasteiger partial charge in [0.25, 0.3) is 12.0 Å². The van der Waals surface area contributed by atoms with Crippen LogP contribution in [-0.2, 0) is 6.54 Å². The van der Waals surface area contributed by atoms with E-state index in [4.69, 9.17) is 5.73 Å². The molecule has 6 heteroatoms. The Labute approximate surface area is 71.4 Å². The lowest BCUT2D eigenvalue weighted by molar-refractivity contribution is 0.145. The van der Waals surface area contributed by atoms with E-state index in [1.54, 1.807) is 4.98 Å². The molecule has 0 saturated carbocycles. The number of halogens is 3. The van der Waals surface area contributed by atoms with E-state index in [1.807, 2.05) is 0 Å². The van der Waals surface area contributed by atoms with Crippen LogP contribution in [-0.4, -0.2) is 4.98 Å². The molecule has 0 aliphatic rings. The molecule has 0 saturated heterocycles. The highest BCUT2D eigenvalue weighted by atomic mass is 19.3. The third-order valence-corrected chi connectivity index (χ3v) is 1.55. The highest BCUT2D eigenvalue weighted by molar-refractivity contribution is 5.20. The number of aromatic amines is 1. The summed E-state index contributed by atoms with van der Waals surface area (Å²) in [7, 11) is 0. The van der Waals surface area contributed by atoms with Gasteiger partial charge in [0.05, 0.1) is 5.56 Å². The molecule has 1 aromatic heterocycles. The Balaban J connectivity index is 3.31. The first kappa shape index (κ1) is 9.79. The number of H-pyrrole nitrogens is 1. The van der Waals surface area contributed by atoms with E-state index in [0.29, 0.717) is 0 Å². The highest BCUT2D eigenvalue weighted by Gasteiger charge is 2.15. The van der Waals surface area contributed by atoms with Gasteiger partial charge in [-0.3, -0.25) is 9.78 Å². The minimum absolute atomic E-state index is 0.0586. The SMILES string of the molecule is NCc1cc(C(F)F)c(F)[nH]c1=O. The van der Waals surface area contributed by atoms with Crippen LogP contribution in [0.4, 0.5) is 13.2 Å². The Morgan fingerprint density at radius 1 is 1.54 bits per heavy atom. The largest absolute Gasteiger partial charge is 0.326 e. The van der Waals surface area contributed by atoms with Crippen LogP contribution in [0.2, 0.25) is 0 Å². The fourth-order valence-electron chi connectivity index (χ4n) is 0.879. The first-order valence-corrected chi connectivity index (χ1v) is 3.46. The van der Waals surface area contributed by atoms with Crippen LogP contribution < -0.4 is 11.3 Å². The van der Waals surface area contributed by atoms with Crippen LogP contribution in [0.5, 0.6) is 0 Å². The topological polar surface area (TPSA) is 58.9 Å². The van der Waals surface area contributed by atoms with E-state index >= 15 is 0 Å². The molecule has 3 N–H and O–H groups in total. The highest BCUT2D eigenvalue weighted by Crippen LogP contribution is 2.19. The van der Waals surface area contributed by atoms with Crippen molar-refractivity contribution in [2.45, 2.75) is 13.0 Å². The van der Waals surface area contributed by atoms with Gasteiger partial charge in [0.2, 0.25) is 5.95 Å². The number of nitrogens with one attached hydrogen (secondary N) is 1. The molecule has 0 atom stereocenters. The van der Waals surface area contributed by atoms with Gasteiger partial charge in [0, 0.05) is 12.1 Å². The van der Waals surface area contributed by atoms with E-state index in [0.717, 1.165) is 6.07 Å². The fraction of sp³-hybridized carbons (Fsp3) is 0.286. The van der Waals surface area contributed by atoms with Crippen molar-refractivity contribution < 1.29 is 13.2 Å². The molecule has 0 unspecified atom stereocenters. The molecule has 3 nitrogen and oxygen atoms in total. The van der Waals surface area contributed by atoms with E-state index in [2.05, 4.69) is 0 Å². The van der Waals surface area contributed by atoms with Crippen LogP contribution in [0.1, 0.15) is 17.6 Å². The van der Waals surface area contributed by atoms with Gasteiger partial charge in [-0.2, -0.15) is 4.39 Å². The minimum atomic E-state index is -2.96. The summed E-state index contributed by atoms with van der Waals surface area (Å²) in [6.07, 6.45) is -2.96. The lowest BCUT2D eigenvalue weighted by atomic mass is 10.2. The Hall–Kier alpha value is -1.30. The number of alkyl halides is 2. The van der Waals surface area contributed by atoms with Gasteiger partial charge >= 0.3 is 0 Å². The van der Waals surface area contributed by atoms with Crippen LogP contribution in [0.25, 0.3) is 0 Å². The molecule has 0 aromatic carbocycles. The van der Waals surface area contributed by atoms with Crippen molar-refractivity contribution in [2.75, 3.05) is 0 Å². The summed E-state index contributed by atoms with van der Waals surface area (Å²) in [5.41, 5.74) is 3.42. The smallest absolute Gasteiger partial charge is 0.268 e. The molecule has 0 bridgehead atoms. The minimum Gasteiger partial charge on any atom is -0.326 e. The molecule has 13 heavy (non-hydrogen) atoms. The molecule has 0 aliphatic carbocycles. The van der Waals surface area contributed by atoms with Crippen molar-refractivity contribution in [3.8, 4) is 0 Å². The van der Waals surface area contributed by atoms with Gasteiger partial charge in [-0.15, -0.1) is 0 Å². The summed E-state index contributed by atoms with van der Waals surface area (Å²) in [6.45, 7) is -0.199. The first-order valence-electron chi connectivity index (χ1n) is 3.46. The van der Waals surface area contributed by atoms with Gasteiger partial charge in [-0.05, 0) is 6.07 Å². The maximum Gasteiger partial charge on any atom is 0.268 e. The summed E-state index contributed by atoms with van der Waals surface area (Å²) in [5.74, 6) is -1.31. The number of rotatable bonds is 2. The fourth-order valence-corrected chi connectivity index (χ4v) is 0.879. The van der Waals surface area contributed by atoms with Crippen LogP contribution in [0.3, 0.4) is 0 Å². The third kappa shape index (κ3) is 1.89. The molecule has 0 amide bonds. The van der Waals surface area contributed by atoms with Crippen LogP contribution in [0.15, 0.2) is 10.9 Å². The quantitative estimate of drug-likeness (QED) is 0.684. The third-order valence-electron chi connectivity index (χ3n) is 1.55. The molecular formula is C7H7F3N2O. The molecule has 1 rings (SSSR count). The zero-order valence-electron chi connectivity index (χ0n) is 6.48. The Bertz CT molecular complexity index is 361. The summed E-state index contributed by atoms with van der Waals surface area (Å²) in [5, 5.41) is 0. The number of hydrogen-bond donors (Lipinski definition) is 2. The van der Waals surface area contributed by atoms with Crippen molar-refractivity contribution in [3.05, 3.63) is 33.5 Å². The summed E-state index contributed by atoms with van der Waals surface area (Å²) in [4.78, 5) is 12.5. The second-order valence-corrected chi connectivity index (χ2v) is 2.40. The Kier molecular flexibility index (Phi) is 2.72. The Morgan fingerprint density at radius 2 is 2.15 bits per heavy atom. The molecule has 0 fully saturated rings. The molecule has 0 radical (unpaired) electrons. The number of nitrogens with two attached hydrogens (primary N) is 1. The van der Waals surface area contributed by atoms with Crippen LogP contribution in [0, 0.1) is 5.95 Å². The summed E-state index contributed by atoms with van der Waals surface area (Å²) < 4.78 is 36.8. The van der Waals surface area contributed by atoms with Crippen molar-refractivity contribution >= 4 is 0 Å². The number of aromatic nitrogens is 1. The monoisotopic (exact) mass is 192 g/mol. The first-order chi connectivity index (χ1) is 6.06. The van der Waals surface area contributed by atoms with Gasteiger partial charge in [0.1, 0.15) is 0 Å². The summed E-state index contributed by atoms with van der Waals surface area (Å²) >= 11 is 0. The predicted octanol–water partition coefficient (Wildman–Crippen LogP) is 0.910. The standard InChI is InChI=1S/C7H7F3N2O/c8-5(9)4-1-3(2-11)7(13)12-6(4)10/h1,5H,2,11H2,(H,12,13). The molecular weight excluding hydrogens is 185 g/mol. The van der Waals surface area contributed by atoms with Crippen molar-refractivity contribution in [2.24, 2.45) is 5.73 Å². The average molecular weight is 192 g/mol. The zero-order chi connectivity index (χ0) is 10.0. The van der Waals surface area contributed by atoms with Gasteiger partial charge in [-0.25, -0.2) is 8.78 Å². The molecule has 1 heterocycles. The molecule has 1 aromatic rings. The maximum atomic E-state index is 12.6. The number of pyridine rings is 1. The lowest BCUT2D eigenvalue weighted by Gasteiger charge is -2.02. The van der Waals surface area contributed by atoms with E-state index in [9.17, 15) is 18.0 Å². The molecule has 72 valence electrons. The second kappa shape index (κ2) is 3.61. The van der Waals surface area contributed by atoms with Crippen molar-refractivity contribution in [1.29, 1.82) is 0 Å². The van der Waals surface area contributed by atoms with Gasteiger partial charge in [0.15, 0.2) is 0 Å². The lowest BCUT2D eigenvalue weighted by Crippen LogP contribution is -2.18. The zero-order valence-corrected chi connectivity index (χ0v) is 6.48. The second-order valence-electron chi connectivity index (χ2n) is 2.40. The van der Waals surface area contributed by atoms with E-state index in [-0.39, 0.29) is 12.1 Å². The van der Waals surface area contributed by atoms with Crippen molar-refractivity contribution in [3.63, 3.8) is 0 Å². The van der Waals surface area contributed by atoms with E-state index in [1.165, 1.54) is 0 Å². The van der Waals surface area contributed by atoms with Gasteiger partial charge in [-0.1, -0.05) is 0 Å². The average Bonchev–Trinajstić information content (AvgIpc) is 2.03. The van der Waals surface area contributed by atoms with Crippen LogP contribution >= 0.6 is 0 Å². The van der Waals surface area contributed by atoms with E-state index < -0.39 is 23.5 Å².